The van der Waals surface area contributed by atoms with Crippen molar-refractivity contribution in [3.05, 3.63) is 60.1 Å². The minimum atomic E-state index is 0.213. The zero-order valence-corrected chi connectivity index (χ0v) is 14.8. The molecule has 1 fully saturated rings. The third-order valence-corrected chi connectivity index (χ3v) is 5.29. The first-order chi connectivity index (χ1) is 11.7. The molecule has 3 nitrogen and oxygen atoms in total. The largest absolute Gasteiger partial charge is 0.468 e. The standard InChI is InChI=1S/C21H29NO2/c1-17(2)20-15-21(11-14-24-20,18-7-4-3-5-8-18)10-12-22-16-19-9-6-13-23-19/h3-9,13,17,20,22H,10-12,14-16H2,1-2H3/t20-,21-/m1/s1. The predicted molar refractivity (Wildman–Crippen MR) is 97.0 cm³/mol. The van der Waals surface area contributed by atoms with Crippen molar-refractivity contribution >= 4 is 0 Å². The van der Waals surface area contributed by atoms with Gasteiger partial charge in [0.2, 0.25) is 0 Å². The van der Waals surface area contributed by atoms with E-state index in [1.165, 1.54) is 5.56 Å². The van der Waals surface area contributed by atoms with Gasteiger partial charge in [-0.2, -0.15) is 0 Å². The molecule has 2 heterocycles. The van der Waals surface area contributed by atoms with Crippen molar-refractivity contribution in [2.24, 2.45) is 5.92 Å². The highest BCUT2D eigenvalue weighted by Crippen LogP contribution is 2.41. The van der Waals surface area contributed by atoms with Crippen molar-refractivity contribution in [1.29, 1.82) is 0 Å². The molecule has 2 aromatic rings. The second-order valence-corrected chi connectivity index (χ2v) is 7.26. The van der Waals surface area contributed by atoms with Crippen molar-refractivity contribution in [1.82, 2.24) is 5.32 Å². The molecule has 0 unspecified atom stereocenters. The van der Waals surface area contributed by atoms with Gasteiger partial charge in [0.15, 0.2) is 0 Å². The Morgan fingerprint density at radius 2 is 2.00 bits per heavy atom. The van der Waals surface area contributed by atoms with Crippen LogP contribution in [-0.2, 0) is 16.7 Å². The number of nitrogens with one attached hydrogen (secondary N) is 1. The fourth-order valence-electron chi connectivity index (χ4n) is 3.76. The lowest BCUT2D eigenvalue weighted by molar-refractivity contribution is -0.0469. The summed E-state index contributed by atoms with van der Waals surface area (Å²) in [5.41, 5.74) is 1.67. The summed E-state index contributed by atoms with van der Waals surface area (Å²) in [7, 11) is 0. The minimum absolute atomic E-state index is 0.213. The smallest absolute Gasteiger partial charge is 0.117 e. The van der Waals surface area contributed by atoms with E-state index in [0.29, 0.717) is 12.0 Å². The normalized spacial score (nSPS) is 24.4. The summed E-state index contributed by atoms with van der Waals surface area (Å²) in [6.07, 6.45) is 5.42. The van der Waals surface area contributed by atoms with Gasteiger partial charge in [0.05, 0.1) is 18.9 Å². The van der Waals surface area contributed by atoms with Crippen LogP contribution in [0.15, 0.2) is 53.1 Å². The summed E-state index contributed by atoms with van der Waals surface area (Å²) in [4.78, 5) is 0. The Morgan fingerprint density at radius 3 is 2.71 bits per heavy atom. The van der Waals surface area contributed by atoms with E-state index < -0.39 is 0 Å². The van der Waals surface area contributed by atoms with Crippen LogP contribution in [0.1, 0.15) is 44.4 Å². The fraction of sp³-hybridized carbons (Fsp3) is 0.524. The fourth-order valence-corrected chi connectivity index (χ4v) is 3.76. The molecular formula is C21H29NO2. The number of hydrogen-bond donors (Lipinski definition) is 1. The Balaban J connectivity index is 1.68. The molecule has 0 saturated carbocycles. The quantitative estimate of drug-likeness (QED) is 0.759. The first-order valence-corrected chi connectivity index (χ1v) is 9.10. The summed E-state index contributed by atoms with van der Waals surface area (Å²) in [6, 6.07) is 15.0. The van der Waals surface area contributed by atoms with Crippen LogP contribution in [0.2, 0.25) is 0 Å². The highest BCUT2D eigenvalue weighted by atomic mass is 16.5. The van der Waals surface area contributed by atoms with Crippen LogP contribution in [0.5, 0.6) is 0 Å². The number of furan rings is 1. The Kier molecular flexibility index (Phi) is 5.75. The second kappa shape index (κ2) is 8.00. The van der Waals surface area contributed by atoms with Gasteiger partial charge in [-0.05, 0) is 49.4 Å². The van der Waals surface area contributed by atoms with Crippen LogP contribution >= 0.6 is 0 Å². The highest BCUT2D eigenvalue weighted by molar-refractivity contribution is 5.26. The molecule has 1 aliphatic rings. The van der Waals surface area contributed by atoms with Crippen molar-refractivity contribution < 1.29 is 9.15 Å². The monoisotopic (exact) mass is 327 g/mol. The summed E-state index contributed by atoms with van der Waals surface area (Å²) >= 11 is 0. The third kappa shape index (κ3) is 4.08. The van der Waals surface area contributed by atoms with E-state index in [0.717, 1.165) is 44.7 Å². The zero-order chi connectivity index (χ0) is 16.8. The second-order valence-electron chi connectivity index (χ2n) is 7.26. The molecule has 0 radical (unpaired) electrons. The molecule has 1 aromatic heterocycles. The molecule has 0 spiro atoms. The van der Waals surface area contributed by atoms with E-state index in [4.69, 9.17) is 9.15 Å². The van der Waals surface area contributed by atoms with Crippen LogP contribution in [0.3, 0.4) is 0 Å². The lowest BCUT2D eigenvalue weighted by Gasteiger charge is -2.43. The molecule has 1 N–H and O–H groups in total. The lowest BCUT2D eigenvalue weighted by Crippen LogP contribution is -2.42. The molecular weight excluding hydrogens is 298 g/mol. The number of benzene rings is 1. The van der Waals surface area contributed by atoms with Gasteiger partial charge in [0.25, 0.3) is 0 Å². The van der Waals surface area contributed by atoms with Gasteiger partial charge in [-0.3, -0.25) is 0 Å². The molecule has 130 valence electrons. The summed E-state index contributed by atoms with van der Waals surface area (Å²) in [6.45, 7) is 7.17. The summed E-state index contributed by atoms with van der Waals surface area (Å²) in [5.74, 6) is 1.56. The number of hydrogen-bond acceptors (Lipinski definition) is 3. The number of ether oxygens (including phenoxy) is 1. The molecule has 3 heteroatoms. The minimum Gasteiger partial charge on any atom is -0.468 e. The van der Waals surface area contributed by atoms with Crippen molar-refractivity contribution in [3.63, 3.8) is 0 Å². The van der Waals surface area contributed by atoms with Gasteiger partial charge in [-0.25, -0.2) is 0 Å². The van der Waals surface area contributed by atoms with Gasteiger partial charge >= 0.3 is 0 Å². The summed E-state index contributed by atoms with van der Waals surface area (Å²) < 4.78 is 11.4. The zero-order valence-electron chi connectivity index (χ0n) is 14.8. The van der Waals surface area contributed by atoms with Crippen LogP contribution < -0.4 is 5.32 Å². The Morgan fingerprint density at radius 1 is 1.17 bits per heavy atom. The molecule has 1 aromatic carbocycles. The SMILES string of the molecule is CC(C)[C@H]1C[C@](CCNCc2ccco2)(c2ccccc2)CCO1. The van der Waals surface area contributed by atoms with Crippen molar-refractivity contribution in [3.8, 4) is 0 Å². The lowest BCUT2D eigenvalue weighted by atomic mass is 9.68. The maximum absolute atomic E-state index is 6.05. The molecule has 1 saturated heterocycles. The average Bonchev–Trinajstić information content (AvgIpc) is 3.13. The molecule has 2 atom stereocenters. The highest BCUT2D eigenvalue weighted by Gasteiger charge is 2.38. The summed E-state index contributed by atoms with van der Waals surface area (Å²) in [5, 5.41) is 3.54. The number of rotatable bonds is 7. The Hall–Kier alpha value is -1.58. The molecule has 3 rings (SSSR count). The molecule has 24 heavy (non-hydrogen) atoms. The molecule has 0 bridgehead atoms. The van der Waals surface area contributed by atoms with E-state index in [2.05, 4.69) is 49.5 Å². The Labute approximate surface area is 145 Å². The van der Waals surface area contributed by atoms with Gasteiger partial charge < -0.3 is 14.5 Å². The molecule has 0 aliphatic carbocycles. The van der Waals surface area contributed by atoms with E-state index in [1.807, 2.05) is 12.1 Å². The molecule has 1 aliphatic heterocycles. The van der Waals surface area contributed by atoms with E-state index in [1.54, 1.807) is 6.26 Å². The van der Waals surface area contributed by atoms with Crippen LogP contribution in [-0.4, -0.2) is 19.3 Å². The van der Waals surface area contributed by atoms with Crippen LogP contribution in [0.25, 0.3) is 0 Å². The Bertz CT molecular complexity index is 594. The van der Waals surface area contributed by atoms with E-state index in [-0.39, 0.29) is 5.41 Å². The van der Waals surface area contributed by atoms with Gasteiger partial charge in [-0.15, -0.1) is 0 Å². The van der Waals surface area contributed by atoms with Crippen LogP contribution in [0, 0.1) is 5.92 Å². The van der Waals surface area contributed by atoms with Crippen molar-refractivity contribution in [2.75, 3.05) is 13.2 Å². The molecule has 0 amide bonds. The maximum Gasteiger partial charge on any atom is 0.117 e. The third-order valence-electron chi connectivity index (χ3n) is 5.29. The average molecular weight is 327 g/mol. The van der Waals surface area contributed by atoms with E-state index >= 15 is 0 Å². The first kappa shape index (κ1) is 17.2. The van der Waals surface area contributed by atoms with Gasteiger partial charge in [0.1, 0.15) is 5.76 Å². The van der Waals surface area contributed by atoms with Gasteiger partial charge in [0, 0.05) is 12.0 Å². The topological polar surface area (TPSA) is 34.4 Å². The van der Waals surface area contributed by atoms with Gasteiger partial charge in [-0.1, -0.05) is 44.2 Å². The first-order valence-electron chi connectivity index (χ1n) is 9.10. The van der Waals surface area contributed by atoms with E-state index in [9.17, 15) is 0 Å². The van der Waals surface area contributed by atoms with Crippen molar-refractivity contribution in [2.45, 2.75) is 51.2 Å². The predicted octanol–water partition coefficient (Wildman–Crippen LogP) is 4.53. The van der Waals surface area contributed by atoms with Crippen LogP contribution in [0.4, 0.5) is 0 Å². The maximum atomic E-state index is 6.05.